The van der Waals surface area contributed by atoms with E-state index in [2.05, 4.69) is 16.8 Å². The van der Waals surface area contributed by atoms with Gasteiger partial charge in [-0.25, -0.2) is 4.98 Å². The van der Waals surface area contributed by atoms with Crippen LogP contribution >= 0.6 is 0 Å². The maximum absolute atomic E-state index is 13.3. The van der Waals surface area contributed by atoms with Gasteiger partial charge in [0, 0.05) is 31.2 Å². The van der Waals surface area contributed by atoms with Crippen molar-refractivity contribution >= 4 is 0 Å². The standard InChI is InChI=1S/C15H21FN2O/c1-10(13-5-6-14(19)15(16)17-13)7-18-8-11-3-2-4-12(11)9-18/h5-6,10-12,19H,2-4,7-9H2,1H3/t10?,11-,12?/m1/s1. The molecule has 1 N–H and O–H groups in total. The molecule has 2 heterocycles. The highest BCUT2D eigenvalue weighted by Gasteiger charge is 2.36. The number of fused-ring (bicyclic) bond motifs is 1. The number of aromatic nitrogens is 1. The van der Waals surface area contributed by atoms with Gasteiger partial charge < -0.3 is 10.0 Å². The minimum atomic E-state index is -0.761. The van der Waals surface area contributed by atoms with Crippen LogP contribution in [0.1, 0.15) is 37.8 Å². The van der Waals surface area contributed by atoms with Gasteiger partial charge in [0.05, 0.1) is 0 Å². The third kappa shape index (κ3) is 2.59. The van der Waals surface area contributed by atoms with Gasteiger partial charge in [0.15, 0.2) is 5.75 Å². The highest BCUT2D eigenvalue weighted by atomic mass is 19.1. The second-order valence-electron chi connectivity index (χ2n) is 6.12. The Bertz CT molecular complexity index is 453. The summed E-state index contributed by atoms with van der Waals surface area (Å²) in [6.45, 7) is 5.39. The van der Waals surface area contributed by atoms with Crippen molar-refractivity contribution in [1.82, 2.24) is 9.88 Å². The fourth-order valence-corrected chi connectivity index (χ4v) is 3.68. The summed E-state index contributed by atoms with van der Waals surface area (Å²) >= 11 is 0. The van der Waals surface area contributed by atoms with E-state index in [1.165, 1.54) is 38.4 Å². The first kappa shape index (κ1) is 12.9. The number of halogens is 1. The van der Waals surface area contributed by atoms with Crippen molar-refractivity contribution < 1.29 is 9.50 Å². The molecule has 0 bridgehead atoms. The van der Waals surface area contributed by atoms with E-state index in [9.17, 15) is 9.50 Å². The molecule has 0 spiro atoms. The SMILES string of the molecule is CC(CN1CC2CCC[C@@H]2C1)c1ccc(O)c(F)n1. The topological polar surface area (TPSA) is 36.4 Å². The second kappa shape index (κ2) is 5.08. The van der Waals surface area contributed by atoms with Gasteiger partial charge in [-0.05, 0) is 36.8 Å². The van der Waals surface area contributed by atoms with Crippen LogP contribution in [0, 0.1) is 17.8 Å². The second-order valence-corrected chi connectivity index (χ2v) is 6.12. The predicted molar refractivity (Wildman–Crippen MR) is 71.5 cm³/mol. The fourth-order valence-electron chi connectivity index (χ4n) is 3.68. The molecule has 3 atom stereocenters. The molecule has 1 saturated heterocycles. The average Bonchev–Trinajstić information content (AvgIpc) is 2.93. The predicted octanol–water partition coefficient (Wildman–Crippen LogP) is 2.76. The van der Waals surface area contributed by atoms with Gasteiger partial charge in [-0.1, -0.05) is 13.3 Å². The lowest BCUT2D eigenvalue weighted by Gasteiger charge is -2.21. The monoisotopic (exact) mass is 264 g/mol. The van der Waals surface area contributed by atoms with E-state index in [1.807, 2.05) is 0 Å². The fraction of sp³-hybridized carbons (Fsp3) is 0.667. The molecule has 3 rings (SSSR count). The highest BCUT2D eigenvalue weighted by Crippen LogP contribution is 2.38. The van der Waals surface area contributed by atoms with Gasteiger partial charge in [-0.15, -0.1) is 0 Å². The number of likely N-dealkylation sites (tertiary alicyclic amines) is 1. The Kier molecular flexibility index (Phi) is 3.44. The first-order valence-electron chi connectivity index (χ1n) is 7.21. The van der Waals surface area contributed by atoms with E-state index in [0.717, 1.165) is 24.1 Å². The van der Waals surface area contributed by atoms with Crippen LogP contribution in [0.3, 0.4) is 0 Å². The van der Waals surface area contributed by atoms with Gasteiger partial charge in [-0.2, -0.15) is 4.39 Å². The van der Waals surface area contributed by atoms with Crippen LogP contribution in [0.15, 0.2) is 12.1 Å². The van der Waals surface area contributed by atoms with Crippen molar-refractivity contribution in [2.24, 2.45) is 11.8 Å². The molecule has 0 amide bonds. The van der Waals surface area contributed by atoms with Crippen LogP contribution < -0.4 is 0 Å². The highest BCUT2D eigenvalue weighted by molar-refractivity contribution is 5.21. The van der Waals surface area contributed by atoms with Crippen molar-refractivity contribution in [3.8, 4) is 5.75 Å². The van der Waals surface area contributed by atoms with Crippen LogP contribution in [0.2, 0.25) is 0 Å². The Morgan fingerprint density at radius 3 is 2.68 bits per heavy atom. The van der Waals surface area contributed by atoms with Crippen LogP contribution in [-0.2, 0) is 0 Å². The van der Waals surface area contributed by atoms with Gasteiger partial charge in [0.25, 0.3) is 5.95 Å². The molecule has 0 aromatic carbocycles. The minimum Gasteiger partial charge on any atom is -0.504 e. The lowest BCUT2D eigenvalue weighted by Crippen LogP contribution is -2.26. The number of nitrogens with zero attached hydrogens (tertiary/aromatic N) is 2. The summed E-state index contributed by atoms with van der Waals surface area (Å²) in [5.41, 5.74) is 0.729. The Balaban J connectivity index is 1.62. The molecule has 1 saturated carbocycles. The Labute approximate surface area is 113 Å². The van der Waals surface area contributed by atoms with Crippen LogP contribution in [-0.4, -0.2) is 34.6 Å². The van der Waals surface area contributed by atoms with Gasteiger partial charge in [0.2, 0.25) is 0 Å². The van der Waals surface area contributed by atoms with E-state index in [0.29, 0.717) is 0 Å². The number of pyridine rings is 1. The van der Waals surface area contributed by atoms with Crippen molar-refractivity contribution in [2.45, 2.75) is 32.1 Å². The smallest absolute Gasteiger partial charge is 0.255 e. The third-order valence-electron chi connectivity index (χ3n) is 4.69. The van der Waals surface area contributed by atoms with Gasteiger partial charge in [0.1, 0.15) is 0 Å². The molecule has 4 heteroatoms. The molecular formula is C15H21FN2O. The summed E-state index contributed by atoms with van der Waals surface area (Å²) in [6.07, 6.45) is 4.15. The van der Waals surface area contributed by atoms with Gasteiger partial charge >= 0.3 is 0 Å². The largest absolute Gasteiger partial charge is 0.504 e. The summed E-state index contributed by atoms with van der Waals surface area (Å²) < 4.78 is 13.3. The van der Waals surface area contributed by atoms with E-state index >= 15 is 0 Å². The van der Waals surface area contributed by atoms with Crippen LogP contribution in [0.25, 0.3) is 0 Å². The van der Waals surface area contributed by atoms with Crippen LogP contribution in [0.4, 0.5) is 4.39 Å². The summed E-state index contributed by atoms with van der Waals surface area (Å²) in [7, 11) is 0. The zero-order chi connectivity index (χ0) is 13.4. The quantitative estimate of drug-likeness (QED) is 0.853. The van der Waals surface area contributed by atoms with E-state index in [4.69, 9.17) is 0 Å². The molecule has 2 fully saturated rings. The molecular weight excluding hydrogens is 243 g/mol. The maximum Gasteiger partial charge on any atom is 0.255 e. The molecule has 19 heavy (non-hydrogen) atoms. The molecule has 1 aliphatic heterocycles. The Morgan fingerprint density at radius 1 is 1.37 bits per heavy atom. The third-order valence-corrected chi connectivity index (χ3v) is 4.69. The lowest BCUT2D eigenvalue weighted by atomic mass is 10.0. The van der Waals surface area contributed by atoms with Crippen molar-refractivity contribution in [3.05, 3.63) is 23.8 Å². The van der Waals surface area contributed by atoms with E-state index < -0.39 is 5.95 Å². The average molecular weight is 264 g/mol. The van der Waals surface area contributed by atoms with E-state index in [-0.39, 0.29) is 11.7 Å². The molecule has 1 aromatic heterocycles. The summed E-state index contributed by atoms with van der Waals surface area (Å²) in [5.74, 6) is 0.844. The molecule has 2 aliphatic rings. The molecule has 1 aliphatic carbocycles. The normalized spacial score (nSPS) is 28.5. The number of hydrogen-bond acceptors (Lipinski definition) is 3. The first-order valence-corrected chi connectivity index (χ1v) is 7.21. The molecule has 104 valence electrons. The lowest BCUT2D eigenvalue weighted by molar-refractivity contribution is 0.293. The molecule has 1 aromatic rings. The number of aromatic hydroxyl groups is 1. The number of hydrogen-bond donors (Lipinski definition) is 1. The van der Waals surface area contributed by atoms with Crippen LogP contribution in [0.5, 0.6) is 5.75 Å². The zero-order valence-electron chi connectivity index (χ0n) is 11.3. The first-order chi connectivity index (χ1) is 9.13. The Morgan fingerprint density at radius 2 is 2.05 bits per heavy atom. The number of rotatable bonds is 3. The van der Waals surface area contributed by atoms with Crippen molar-refractivity contribution in [1.29, 1.82) is 0 Å². The van der Waals surface area contributed by atoms with Crippen molar-refractivity contribution in [3.63, 3.8) is 0 Å². The van der Waals surface area contributed by atoms with Gasteiger partial charge in [-0.3, -0.25) is 0 Å². The molecule has 2 unspecified atom stereocenters. The summed E-state index contributed by atoms with van der Waals surface area (Å²) in [6, 6.07) is 3.12. The minimum absolute atomic E-state index is 0.203. The molecule has 3 nitrogen and oxygen atoms in total. The Hall–Kier alpha value is -1.16. The summed E-state index contributed by atoms with van der Waals surface area (Å²) in [4.78, 5) is 6.34. The summed E-state index contributed by atoms with van der Waals surface area (Å²) in [5, 5.41) is 9.17. The van der Waals surface area contributed by atoms with Crippen molar-refractivity contribution in [2.75, 3.05) is 19.6 Å². The maximum atomic E-state index is 13.3. The van der Waals surface area contributed by atoms with E-state index in [1.54, 1.807) is 6.07 Å². The molecule has 0 radical (unpaired) electrons. The zero-order valence-corrected chi connectivity index (χ0v) is 11.3.